The number of pyridine rings is 1. The topological polar surface area (TPSA) is 92.5 Å². The van der Waals surface area contributed by atoms with Crippen molar-refractivity contribution >= 4 is 33.9 Å². The van der Waals surface area contributed by atoms with Crippen LogP contribution in [0.1, 0.15) is 42.5 Å². The third-order valence-corrected chi connectivity index (χ3v) is 6.01. The lowest BCUT2D eigenvalue weighted by molar-refractivity contribution is -0.126. The molecule has 1 unspecified atom stereocenters. The van der Waals surface area contributed by atoms with E-state index in [2.05, 4.69) is 20.5 Å². The highest BCUT2D eigenvalue weighted by molar-refractivity contribution is 7.15. The first kappa shape index (κ1) is 18.5. The molecule has 1 aliphatic rings. The molecule has 1 aliphatic heterocycles. The van der Waals surface area contributed by atoms with Crippen molar-refractivity contribution in [1.29, 1.82) is 0 Å². The van der Waals surface area contributed by atoms with Crippen LogP contribution in [0.25, 0.3) is 5.65 Å². The van der Waals surface area contributed by atoms with Crippen LogP contribution in [0.15, 0.2) is 24.5 Å². The molecule has 146 valence electrons. The van der Waals surface area contributed by atoms with Crippen LogP contribution in [0.3, 0.4) is 0 Å². The fraction of sp³-hybridized carbons (Fsp3) is 0.421. The summed E-state index contributed by atoms with van der Waals surface area (Å²) in [5.74, 6) is -0.358. The van der Waals surface area contributed by atoms with E-state index < -0.39 is 5.92 Å². The van der Waals surface area contributed by atoms with Gasteiger partial charge in [0.25, 0.3) is 0 Å². The van der Waals surface area contributed by atoms with E-state index in [4.69, 9.17) is 0 Å². The van der Waals surface area contributed by atoms with Gasteiger partial charge < -0.3 is 9.72 Å². The average Bonchev–Trinajstić information content (AvgIpc) is 3.36. The molecule has 8 nitrogen and oxygen atoms in total. The second-order valence-corrected chi connectivity index (χ2v) is 8.39. The van der Waals surface area contributed by atoms with E-state index in [9.17, 15) is 9.59 Å². The summed E-state index contributed by atoms with van der Waals surface area (Å²) in [5, 5.41) is 12.6. The molecule has 3 aromatic rings. The largest absolute Gasteiger partial charge is 0.350 e. The van der Waals surface area contributed by atoms with Gasteiger partial charge in [0, 0.05) is 31.3 Å². The molecule has 0 aliphatic carbocycles. The number of nitrogens with zero attached hydrogens (tertiary/aromatic N) is 5. The first-order valence-electron chi connectivity index (χ1n) is 9.26. The Morgan fingerprint density at radius 2 is 2.21 bits per heavy atom. The molecule has 4 rings (SSSR count). The summed E-state index contributed by atoms with van der Waals surface area (Å²) in [6.07, 6.45) is 4.03. The van der Waals surface area contributed by atoms with Crippen molar-refractivity contribution in [2.75, 3.05) is 11.4 Å². The van der Waals surface area contributed by atoms with Crippen molar-refractivity contribution in [2.24, 2.45) is 5.92 Å². The first-order chi connectivity index (χ1) is 13.4. The maximum Gasteiger partial charge on any atom is 0.229 e. The number of anilines is 1. The Bertz CT molecular complexity index is 1040. The molecular weight excluding hydrogens is 376 g/mol. The van der Waals surface area contributed by atoms with Crippen molar-refractivity contribution in [2.45, 2.75) is 39.7 Å². The summed E-state index contributed by atoms with van der Waals surface area (Å²) >= 11 is 1.41. The Balaban J connectivity index is 1.38. The molecule has 0 saturated carbocycles. The minimum absolute atomic E-state index is 0.0881. The maximum absolute atomic E-state index is 12.6. The molecular formula is C19H22N6O2S. The van der Waals surface area contributed by atoms with E-state index >= 15 is 0 Å². The Kier molecular flexibility index (Phi) is 4.84. The van der Waals surface area contributed by atoms with Gasteiger partial charge in [-0.05, 0) is 24.6 Å². The van der Waals surface area contributed by atoms with Gasteiger partial charge in [-0.25, -0.2) is 4.98 Å². The third kappa shape index (κ3) is 3.62. The van der Waals surface area contributed by atoms with Crippen LogP contribution in [0, 0.1) is 12.8 Å². The molecule has 3 aromatic heterocycles. The molecule has 0 bridgehead atoms. The first-order valence-corrected chi connectivity index (χ1v) is 10.1. The fourth-order valence-corrected chi connectivity index (χ4v) is 4.05. The van der Waals surface area contributed by atoms with Crippen LogP contribution in [0.2, 0.25) is 0 Å². The average molecular weight is 398 g/mol. The summed E-state index contributed by atoms with van der Waals surface area (Å²) in [4.78, 5) is 31.0. The Labute approximate surface area is 166 Å². The number of aryl methyl sites for hydroxylation is 1. The van der Waals surface area contributed by atoms with E-state index in [0.29, 0.717) is 18.2 Å². The smallest absolute Gasteiger partial charge is 0.229 e. The van der Waals surface area contributed by atoms with Gasteiger partial charge in [-0.15, -0.1) is 10.2 Å². The number of nitrogens with one attached hydrogen (secondary N) is 1. The van der Waals surface area contributed by atoms with E-state index in [1.165, 1.54) is 11.3 Å². The second-order valence-electron chi connectivity index (χ2n) is 7.40. The highest BCUT2D eigenvalue weighted by Gasteiger charge is 2.36. The van der Waals surface area contributed by atoms with Gasteiger partial charge in [-0.2, -0.15) is 0 Å². The molecule has 1 atom stereocenters. The Morgan fingerprint density at radius 3 is 2.96 bits per heavy atom. The molecule has 0 radical (unpaired) electrons. The zero-order valence-electron chi connectivity index (χ0n) is 16.0. The van der Waals surface area contributed by atoms with E-state index in [1.54, 1.807) is 4.90 Å². The summed E-state index contributed by atoms with van der Waals surface area (Å²) in [6, 6.07) is 4.00. The zero-order valence-corrected chi connectivity index (χ0v) is 16.9. The van der Waals surface area contributed by atoms with Gasteiger partial charge in [0.1, 0.15) is 10.7 Å². The van der Waals surface area contributed by atoms with E-state index in [0.717, 1.165) is 21.9 Å². The predicted octanol–water partition coefficient (Wildman–Crippen LogP) is 2.29. The molecule has 2 amide bonds. The van der Waals surface area contributed by atoms with Gasteiger partial charge in [-0.3, -0.25) is 14.5 Å². The number of hydrogen-bond acceptors (Lipinski definition) is 6. The van der Waals surface area contributed by atoms with Crippen LogP contribution in [0.4, 0.5) is 5.13 Å². The number of fused-ring (bicyclic) bond motifs is 1. The van der Waals surface area contributed by atoms with Gasteiger partial charge in [0.15, 0.2) is 0 Å². The molecule has 1 fully saturated rings. The minimum atomic E-state index is -0.391. The Morgan fingerprint density at radius 1 is 1.39 bits per heavy atom. The van der Waals surface area contributed by atoms with E-state index in [1.807, 2.05) is 49.7 Å². The quantitative estimate of drug-likeness (QED) is 0.712. The standard InChI is InChI=1S/C19H22N6O2S/c1-11(2)18-22-23-19(28-18)25-9-13(7-16(25)26)17(27)20-8-14-10-24-5-4-12(3)6-15(24)21-14/h4-6,10-11,13H,7-9H2,1-3H3,(H,20,27). The highest BCUT2D eigenvalue weighted by Crippen LogP contribution is 2.30. The molecule has 1 saturated heterocycles. The van der Waals surface area contributed by atoms with Crippen LogP contribution < -0.4 is 10.2 Å². The second kappa shape index (κ2) is 7.31. The summed E-state index contributed by atoms with van der Waals surface area (Å²) in [7, 11) is 0. The minimum Gasteiger partial charge on any atom is -0.350 e. The summed E-state index contributed by atoms with van der Waals surface area (Å²) < 4.78 is 1.93. The number of carbonyl (C=O) groups is 2. The molecule has 0 spiro atoms. The maximum atomic E-state index is 12.6. The summed E-state index contributed by atoms with van der Waals surface area (Å²) in [5.41, 5.74) is 2.77. The molecule has 1 N–H and O–H groups in total. The highest BCUT2D eigenvalue weighted by atomic mass is 32.1. The molecule has 9 heteroatoms. The van der Waals surface area contributed by atoms with Gasteiger partial charge in [0.2, 0.25) is 16.9 Å². The monoisotopic (exact) mass is 398 g/mol. The lowest BCUT2D eigenvalue weighted by Crippen LogP contribution is -2.32. The number of rotatable bonds is 5. The molecule has 4 heterocycles. The Hall–Kier alpha value is -2.81. The fourth-order valence-electron chi connectivity index (χ4n) is 3.18. The number of aromatic nitrogens is 4. The zero-order chi connectivity index (χ0) is 19.8. The normalized spacial score (nSPS) is 17.1. The van der Waals surface area contributed by atoms with Crippen molar-refractivity contribution in [3.05, 3.63) is 40.8 Å². The van der Waals surface area contributed by atoms with Gasteiger partial charge in [-0.1, -0.05) is 25.2 Å². The van der Waals surface area contributed by atoms with Crippen LogP contribution in [-0.4, -0.2) is 37.9 Å². The van der Waals surface area contributed by atoms with Crippen molar-refractivity contribution < 1.29 is 9.59 Å². The lowest BCUT2D eigenvalue weighted by atomic mass is 10.1. The number of carbonyl (C=O) groups excluding carboxylic acids is 2. The van der Waals surface area contributed by atoms with Crippen molar-refractivity contribution in [1.82, 2.24) is 24.9 Å². The summed E-state index contributed by atoms with van der Waals surface area (Å²) in [6.45, 7) is 6.75. The van der Waals surface area contributed by atoms with Crippen LogP contribution in [0.5, 0.6) is 0 Å². The number of amides is 2. The van der Waals surface area contributed by atoms with Gasteiger partial charge in [0.05, 0.1) is 18.2 Å². The molecule has 28 heavy (non-hydrogen) atoms. The number of imidazole rings is 1. The van der Waals surface area contributed by atoms with Crippen molar-refractivity contribution in [3.8, 4) is 0 Å². The lowest BCUT2D eigenvalue weighted by Gasteiger charge is -2.12. The van der Waals surface area contributed by atoms with Crippen LogP contribution in [-0.2, 0) is 16.1 Å². The van der Waals surface area contributed by atoms with Crippen LogP contribution >= 0.6 is 11.3 Å². The van der Waals surface area contributed by atoms with Gasteiger partial charge >= 0.3 is 0 Å². The predicted molar refractivity (Wildman–Crippen MR) is 106 cm³/mol. The third-order valence-electron chi connectivity index (χ3n) is 4.76. The molecule has 0 aromatic carbocycles. The van der Waals surface area contributed by atoms with Crippen molar-refractivity contribution in [3.63, 3.8) is 0 Å². The SMILES string of the molecule is Cc1ccn2cc(CNC(=O)C3CC(=O)N(c4nnc(C(C)C)s4)C3)nc2c1. The number of hydrogen-bond donors (Lipinski definition) is 1. The van der Waals surface area contributed by atoms with E-state index in [-0.39, 0.29) is 24.2 Å².